The van der Waals surface area contributed by atoms with Crippen LogP contribution in [0.15, 0.2) is 79.1 Å². The Kier molecular flexibility index (Phi) is 10.9. The van der Waals surface area contributed by atoms with Gasteiger partial charge in [0.25, 0.3) is 0 Å². The van der Waals surface area contributed by atoms with Gasteiger partial charge < -0.3 is 30.6 Å². The molecule has 5 N–H and O–H groups in total. The lowest BCUT2D eigenvalue weighted by molar-refractivity contribution is -0.137. The fourth-order valence-electron chi connectivity index (χ4n) is 4.81. The minimum absolute atomic E-state index is 0.146. The highest BCUT2D eigenvalue weighted by atomic mass is 19.1. The number of imidazole rings is 1. The summed E-state index contributed by atoms with van der Waals surface area (Å²) in [6.07, 6.45) is 6.23. The largest absolute Gasteiger partial charge is 0.505 e. The predicted molar refractivity (Wildman–Crippen MR) is 171 cm³/mol. The lowest BCUT2D eigenvalue weighted by Crippen LogP contribution is -2.21. The van der Waals surface area contributed by atoms with Gasteiger partial charge in [-0.3, -0.25) is 4.79 Å². The molecule has 5 aromatic rings. The van der Waals surface area contributed by atoms with E-state index < -0.39 is 23.6 Å². The second-order valence-electron chi connectivity index (χ2n) is 10.3. The van der Waals surface area contributed by atoms with E-state index in [1.54, 1.807) is 31.6 Å². The number of unbranched alkanes of at least 4 members (excludes halogenated alkanes) is 1. The summed E-state index contributed by atoms with van der Waals surface area (Å²) in [5, 5.41) is 25.0. The molecule has 0 fully saturated rings. The third-order valence-electron chi connectivity index (χ3n) is 7.11. The summed E-state index contributed by atoms with van der Waals surface area (Å²) in [5.41, 5.74) is 8.83. The highest BCUT2D eigenvalue weighted by Crippen LogP contribution is 2.35. The molecule has 0 radical (unpaired) electrons. The van der Waals surface area contributed by atoms with E-state index in [0.717, 1.165) is 28.5 Å². The van der Waals surface area contributed by atoms with Crippen molar-refractivity contribution < 1.29 is 24.1 Å². The van der Waals surface area contributed by atoms with Crippen molar-refractivity contribution in [2.45, 2.75) is 45.7 Å². The van der Waals surface area contributed by atoms with Gasteiger partial charge in [0, 0.05) is 48.3 Å². The standard InChI is InChI=1S/C29H26FN5O3.C5H12O/c1-2-17-12-22(26(30)24(36)13-17)27(33-20-8-9-21-19(14-20)10-11-32-28(21)31)29-34-23(15-35(29)16-25(37)38)18-6-4-3-5-7-18;1-3-4-5-6-2/h3-15,27,33,36H,2,16H2,1H3,(H2,31,32)(H,37,38);3-5H2,1-2H3. The van der Waals surface area contributed by atoms with Gasteiger partial charge in [-0.2, -0.15) is 0 Å². The number of pyridine rings is 1. The second-order valence-corrected chi connectivity index (χ2v) is 10.3. The molecule has 1 unspecified atom stereocenters. The number of halogens is 1. The SMILES string of the molecule is CCCCOC.CCc1cc(O)c(F)c(C(Nc2ccc3c(N)nccc3c2)c2nc(-c3ccccc3)cn2CC(=O)O)c1. The van der Waals surface area contributed by atoms with Crippen LogP contribution in [0.4, 0.5) is 15.9 Å². The van der Waals surface area contributed by atoms with Crippen LogP contribution in [0.5, 0.6) is 5.75 Å². The smallest absolute Gasteiger partial charge is 0.323 e. The molecule has 0 amide bonds. The number of benzene rings is 3. The number of methoxy groups -OCH3 is 1. The van der Waals surface area contributed by atoms with E-state index in [1.165, 1.54) is 23.5 Å². The van der Waals surface area contributed by atoms with E-state index in [9.17, 15) is 15.0 Å². The molecule has 0 bridgehead atoms. The number of hydrogen-bond donors (Lipinski definition) is 4. The van der Waals surface area contributed by atoms with Crippen molar-refractivity contribution in [2.75, 3.05) is 24.8 Å². The van der Waals surface area contributed by atoms with Gasteiger partial charge in [0.05, 0.1) is 5.69 Å². The number of nitrogen functional groups attached to an aromatic ring is 1. The number of phenolic OH excluding ortho intramolecular Hbond substituents is 1. The number of ether oxygens (including phenoxy) is 1. The summed E-state index contributed by atoms with van der Waals surface area (Å²) >= 11 is 0. The molecule has 0 aliphatic carbocycles. The highest BCUT2D eigenvalue weighted by Gasteiger charge is 2.27. The minimum Gasteiger partial charge on any atom is -0.505 e. The molecule has 3 aromatic carbocycles. The maximum atomic E-state index is 15.5. The number of aliphatic carboxylic acids is 1. The molecule has 2 heterocycles. The Hall–Kier alpha value is -4.96. The van der Waals surface area contributed by atoms with E-state index in [4.69, 9.17) is 15.5 Å². The third-order valence-corrected chi connectivity index (χ3v) is 7.11. The first-order valence-corrected chi connectivity index (χ1v) is 14.5. The van der Waals surface area contributed by atoms with Crippen molar-refractivity contribution in [1.82, 2.24) is 14.5 Å². The zero-order valence-corrected chi connectivity index (χ0v) is 25.1. The average Bonchev–Trinajstić information content (AvgIpc) is 3.43. The van der Waals surface area contributed by atoms with Gasteiger partial charge >= 0.3 is 5.97 Å². The van der Waals surface area contributed by atoms with Crippen molar-refractivity contribution >= 4 is 28.2 Å². The predicted octanol–water partition coefficient (Wildman–Crippen LogP) is 6.81. The number of nitrogens with zero attached hydrogens (tertiary/aromatic N) is 3. The summed E-state index contributed by atoms with van der Waals surface area (Å²) in [7, 11) is 1.73. The topological polar surface area (TPSA) is 136 Å². The lowest BCUT2D eigenvalue weighted by atomic mass is 9.99. The molecule has 1 atom stereocenters. The molecule has 0 aliphatic heterocycles. The number of fused-ring (bicyclic) bond motifs is 1. The normalized spacial score (nSPS) is 11.5. The minimum atomic E-state index is -1.07. The molecule has 0 spiro atoms. The number of carboxylic acid groups (broad SMARTS) is 1. The van der Waals surface area contributed by atoms with Crippen LogP contribution in [-0.2, 0) is 22.5 Å². The van der Waals surface area contributed by atoms with Gasteiger partial charge in [-0.15, -0.1) is 0 Å². The van der Waals surface area contributed by atoms with E-state index in [1.807, 2.05) is 55.5 Å². The van der Waals surface area contributed by atoms with E-state index >= 15 is 4.39 Å². The molecule has 9 nitrogen and oxygen atoms in total. The summed E-state index contributed by atoms with van der Waals surface area (Å²) in [4.78, 5) is 20.7. The first-order valence-electron chi connectivity index (χ1n) is 14.5. The number of aryl methyl sites for hydroxylation is 1. The van der Waals surface area contributed by atoms with Crippen molar-refractivity contribution in [2.24, 2.45) is 0 Å². The maximum Gasteiger partial charge on any atom is 0.323 e. The van der Waals surface area contributed by atoms with Crippen LogP contribution in [0.2, 0.25) is 0 Å². The van der Waals surface area contributed by atoms with E-state index in [2.05, 4.69) is 17.2 Å². The molecule has 2 aromatic heterocycles. The maximum absolute atomic E-state index is 15.5. The molecular formula is C34H38FN5O4. The van der Waals surface area contributed by atoms with Gasteiger partial charge in [0.1, 0.15) is 24.2 Å². The number of hydrogen-bond acceptors (Lipinski definition) is 7. The highest BCUT2D eigenvalue weighted by molar-refractivity contribution is 5.93. The third kappa shape index (κ3) is 7.70. The Balaban J connectivity index is 0.000000670. The molecule has 0 aliphatic rings. The number of rotatable bonds is 11. The molecule has 5 rings (SSSR count). The Morgan fingerprint density at radius 2 is 1.89 bits per heavy atom. The monoisotopic (exact) mass is 599 g/mol. The number of aromatic nitrogens is 3. The number of nitrogens with one attached hydrogen (secondary N) is 1. The number of nitrogens with two attached hydrogens (primary N) is 1. The van der Waals surface area contributed by atoms with E-state index in [0.29, 0.717) is 23.6 Å². The van der Waals surface area contributed by atoms with Crippen molar-refractivity contribution in [3.63, 3.8) is 0 Å². The van der Waals surface area contributed by atoms with Crippen LogP contribution < -0.4 is 11.1 Å². The van der Waals surface area contributed by atoms with Gasteiger partial charge in [-0.1, -0.05) is 56.7 Å². The summed E-state index contributed by atoms with van der Waals surface area (Å²) in [6, 6.07) is 18.7. The first-order chi connectivity index (χ1) is 21.2. The molecule has 0 saturated heterocycles. The van der Waals surface area contributed by atoms with Crippen LogP contribution in [0.25, 0.3) is 22.0 Å². The van der Waals surface area contributed by atoms with Gasteiger partial charge in [0.15, 0.2) is 11.6 Å². The Bertz CT molecular complexity index is 1700. The van der Waals surface area contributed by atoms with Crippen molar-refractivity contribution in [3.8, 4) is 17.0 Å². The zero-order chi connectivity index (χ0) is 31.6. The van der Waals surface area contributed by atoms with Crippen LogP contribution in [0, 0.1) is 5.82 Å². The number of carbonyl (C=O) groups is 1. The Labute approximate surface area is 256 Å². The number of carboxylic acids is 1. The summed E-state index contributed by atoms with van der Waals surface area (Å²) < 4.78 is 21.8. The number of aromatic hydroxyl groups is 1. The first kappa shape index (κ1) is 32.0. The number of anilines is 2. The van der Waals surface area contributed by atoms with Crippen molar-refractivity contribution in [1.29, 1.82) is 0 Å². The molecule has 44 heavy (non-hydrogen) atoms. The van der Waals surface area contributed by atoms with Gasteiger partial charge in [-0.25, -0.2) is 14.4 Å². The quantitative estimate of drug-likeness (QED) is 0.122. The van der Waals surface area contributed by atoms with Gasteiger partial charge in [0.2, 0.25) is 0 Å². The molecule has 0 saturated carbocycles. The fourth-order valence-corrected chi connectivity index (χ4v) is 4.81. The second kappa shape index (κ2) is 15.0. The van der Waals surface area contributed by atoms with Crippen molar-refractivity contribution in [3.05, 3.63) is 102 Å². The van der Waals surface area contributed by atoms with Crippen LogP contribution in [0.1, 0.15) is 49.7 Å². The lowest BCUT2D eigenvalue weighted by Gasteiger charge is -2.23. The number of phenols is 1. The summed E-state index contributed by atoms with van der Waals surface area (Å²) in [5.74, 6) is -1.68. The van der Waals surface area contributed by atoms with E-state index in [-0.39, 0.29) is 17.9 Å². The zero-order valence-electron chi connectivity index (χ0n) is 25.1. The van der Waals surface area contributed by atoms with Gasteiger partial charge in [-0.05, 0) is 54.1 Å². The van der Waals surface area contributed by atoms with Crippen LogP contribution >= 0.6 is 0 Å². The summed E-state index contributed by atoms with van der Waals surface area (Å²) in [6.45, 7) is 4.59. The molecule has 10 heteroatoms. The Morgan fingerprint density at radius 1 is 1.11 bits per heavy atom. The fraction of sp³-hybridized carbons (Fsp3) is 0.265. The average molecular weight is 600 g/mol. The van der Waals surface area contributed by atoms with Crippen LogP contribution in [-0.4, -0.2) is 44.4 Å². The Morgan fingerprint density at radius 3 is 2.55 bits per heavy atom. The molecule has 230 valence electrons. The molecular weight excluding hydrogens is 561 g/mol. The van der Waals surface area contributed by atoms with Crippen LogP contribution in [0.3, 0.4) is 0 Å².